The molecule has 1 aliphatic rings. The number of anilines is 2. The van der Waals surface area contributed by atoms with Crippen molar-refractivity contribution in [1.82, 2.24) is 4.90 Å². The molecule has 1 heterocycles. The second kappa shape index (κ2) is 8.17. The molecular formula is C24H25N3O. The highest BCUT2D eigenvalue weighted by molar-refractivity contribution is 5.89. The van der Waals surface area contributed by atoms with E-state index >= 15 is 0 Å². The molecule has 1 saturated heterocycles. The third-order valence-electron chi connectivity index (χ3n) is 5.23. The molecule has 4 nitrogen and oxygen atoms in total. The zero-order valence-corrected chi connectivity index (χ0v) is 16.1. The fraction of sp³-hybridized carbons (Fsp3) is 0.208. The minimum Gasteiger partial charge on any atom is -0.368 e. The molecule has 0 aromatic heterocycles. The Labute approximate surface area is 166 Å². The predicted octanol–water partition coefficient (Wildman–Crippen LogP) is 5.10. The van der Waals surface area contributed by atoms with Crippen LogP contribution in [0.3, 0.4) is 0 Å². The molecule has 0 bridgehead atoms. The van der Waals surface area contributed by atoms with Crippen LogP contribution in [0.1, 0.15) is 6.92 Å². The minimum absolute atomic E-state index is 0.0311. The quantitative estimate of drug-likeness (QED) is 0.695. The summed E-state index contributed by atoms with van der Waals surface area (Å²) in [5, 5.41) is 3.00. The van der Waals surface area contributed by atoms with E-state index < -0.39 is 0 Å². The fourth-order valence-corrected chi connectivity index (χ4v) is 3.72. The van der Waals surface area contributed by atoms with Crippen molar-refractivity contribution < 1.29 is 4.79 Å². The Morgan fingerprint density at radius 1 is 0.857 bits per heavy atom. The van der Waals surface area contributed by atoms with Gasteiger partial charge >= 0.3 is 6.03 Å². The predicted molar refractivity (Wildman–Crippen MR) is 116 cm³/mol. The van der Waals surface area contributed by atoms with E-state index in [1.807, 2.05) is 41.3 Å². The van der Waals surface area contributed by atoms with Gasteiger partial charge in [-0.25, -0.2) is 4.79 Å². The molecule has 3 aromatic carbocycles. The Hall–Kier alpha value is -3.27. The highest BCUT2D eigenvalue weighted by Crippen LogP contribution is 2.26. The number of nitrogens with zero attached hydrogens (tertiary/aromatic N) is 2. The summed E-state index contributed by atoms with van der Waals surface area (Å²) in [4.78, 5) is 16.9. The van der Waals surface area contributed by atoms with Crippen LogP contribution >= 0.6 is 0 Å². The van der Waals surface area contributed by atoms with Crippen LogP contribution in [0, 0.1) is 0 Å². The lowest BCUT2D eigenvalue weighted by Gasteiger charge is -2.41. The van der Waals surface area contributed by atoms with E-state index in [1.165, 1.54) is 16.8 Å². The molecule has 0 spiro atoms. The Kier molecular flexibility index (Phi) is 5.29. The summed E-state index contributed by atoms with van der Waals surface area (Å²) in [5.41, 5.74) is 4.47. The van der Waals surface area contributed by atoms with Gasteiger partial charge in [0.2, 0.25) is 0 Å². The van der Waals surface area contributed by atoms with Gasteiger partial charge in [-0.1, -0.05) is 60.7 Å². The van der Waals surface area contributed by atoms with E-state index in [9.17, 15) is 4.79 Å². The van der Waals surface area contributed by atoms with Crippen LogP contribution in [0.2, 0.25) is 0 Å². The lowest BCUT2D eigenvalue weighted by molar-refractivity contribution is 0.185. The fourth-order valence-electron chi connectivity index (χ4n) is 3.72. The lowest BCUT2D eigenvalue weighted by Crippen LogP contribution is -2.55. The maximum absolute atomic E-state index is 12.7. The van der Waals surface area contributed by atoms with Crippen LogP contribution in [0.15, 0.2) is 84.9 Å². The minimum atomic E-state index is -0.0311. The standard InChI is InChI=1S/C24H25N3O/c1-19-18-26(15-16-27(19)24(28)25-22-12-6-3-7-13-22)23-14-8-11-21(17-23)20-9-4-2-5-10-20/h2-14,17,19H,15-16,18H2,1H3,(H,25,28). The van der Waals surface area contributed by atoms with Gasteiger partial charge < -0.3 is 15.1 Å². The third-order valence-corrected chi connectivity index (χ3v) is 5.23. The van der Waals surface area contributed by atoms with Gasteiger partial charge in [0.25, 0.3) is 0 Å². The van der Waals surface area contributed by atoms with Gasteiger partial charge in [-0.3, -0.25) is 0 Å². The Balaban J connectivity index is 1.43. The second-order valence-corrected chi connectivity index (χ2v) is 7.20. The third kappa shape index (κ3) is 4.01. The van der Waals surface area contributed by atoms with Crippen molar-refractivity contribution in [3.8, 4) is 11.1 Å². The van der Waals surface area contributed by atoms with Crippen molar-refractivity contribution >= 4 is 17.4 Å². The summed E-state index contributed by atoms with van der Waals surface area (Å²) in [6.45, 7) is 4.46. The first kappa shape index (κ1) is 18.1. The maximum atomic E-state index is 12.7. The van der Waals surface area contributed by atoms with E-state index in [2.05, 4.69) is 65.7 Å². The van der Waals surface area contributed by atoms with Crippen molar-refractivity contribution in [2.75, 3.05) is 29.9 Å². The molecule has 1 N–H and O–H groups in total. The smallest absolute Gasteiger partial charge is 0.322 e. The summed E-state index contributed by atoms with van der Waals surface area (Å²) in [6, 6.07) is 28.8. The maximum Gasteiger partial charge on any atom is 0.322 e. The van der Waals surface area contributed by atoms with Crippen LogP contribution in [0.5, 0.6) is 0 Å². The lowest BCUT2D eigenvalue weighted by atomic mass is 10.0. The largest absolute Gasteiger partial charge is 0.368 e. The van der Waals surface area contributed by atoms with Gasteiger partial charge in [0.1, 0.15) is 0 Å². The highest BCUT2D eigenvalue weighted by Gasteiger charge is 2.27. The molecule has 4 heteroatoms. The number of para-hydroxylation sites is 1. The number of carbonyl (C=O) groups is 1. The number of piperazine rings is 1. The summed E-state index contributed by atoms with van der Waals surface area (Å²) >= 11 is 0. The van der Waals surface area contributed by atoms with Gasteiger partial charge in [0, 0.05) is 37.1 Å². The number of carbonyl (C=O) groups excluding carboxylic acids is 1. The molecule has 2 amide bonds. The molecule has 1 atom stereocenters. The zero-order chi connectivity index (χ0) is 19.3. The molecule has 0 aliphatic carbocycles. The summed E-state index contributed by atoms with van der Waals surface area (Å²) in [7, 11) is 0. The first-order chi connectivity index (χ1) is 13.7. The van der Waals surface area contributed by atoms with Crippen molar-refractivity contribution in [2.45, 2.75) is 13.0 Å². The van der Waals surface area contributed by atoms with E-state index in [-0.39, 0.29) is 12.1 Å². The van der Waals surface area contributed by atoms with Crippen molar-refractivity contribution in [3.05, 3.63) is 84.9 Å². The van der Waals surface area contributed by atoms with E-state index in [0.717, 1.165) is 18.8 Å². The monoisotopic (exact) mass is 371 g/mol. The van der Waals surface area contributed by atoms with E-state index in [4.69, 9.17) is 0 Å². The van der Waals surface area contributed by atoms with Crippen LogP contribution < -0.4 is 10.2 Å². The Bertz CT molecular complexity index is 927. The number of urea groups is 1. The Morgan fingerprint density at radius 2 is 1.54 bits per heavy atom. The summed E-state index contributed by atoms with van der Waals surface area (Å²) < 4.78 is 0. The van der Waals surface area contributed by atoms with Crippen molar-refractivity contribution in [3.63, 3.8) is 0 Å². The molecule has 1 aliphatic heterocycles. The number of hydrogen-bond acceptors (Lipinski definition) is 2. The number of nitrogens with one attached hydrogen (secondary N) is 1. The van der Waals surface area contributed by atoms with Crippen LogP contribution in [-0.4, -0.2) is 36.6 Å². The van der Waals surface area contributed by atoms with Gasteiger partial charge in [-0.05, 0) is 42.3 Å². The zero-order valence-electron chi connectivity index (χ0n) is 16.1. The van der Waals surface area contributed by atoms with Gasteiger partial charge in [-0.2, -0.15) is 0 Å². The molecule has 1 fully saturated rings. The molecule has 1 unspecified atom stereocenters. The molecule has 142 valence electrons. The number of rotatable bonds is 3. The first-order valence-electron chi connectivity index (χ1n) is 9.74. The molecule has 3 aromatic rings. The average molecular weight is 371 g/mol. The summed E-state index contributed by atoms with van der Waals surface area (Å²) in [6.07, 6.45) is 0. The van der Waals surface area contributed by atoms with Crippen LogP contribution in [0.25, 0.3) is 11.1 Å². The molecule has 0 saturated carbocycles. The number of amides is 2. The van der Waals surface area contributed by atoms with Crippen LogP contribution in [0.4, 0.5) is 16.2 Å². The average Bonchev–Trinajstić information content (AvgIpc) is 2.75. The van der Waals surface area contributed by atoms with E-state index in [1.54, 1.807) is 0 Å². The van der Waals surface area contributed by atoms with Crippen LogP contribution in [-0.2, 0) is 0 Å². The first-order valence-corrected chi connectivity index (χ1v) is 9.74. The van der Waals surface area contributed by atoms with Gasteiger partial charge in [0.15, 0.2) is 0 Å². The highest BCUT2D eigenvalue weighted by atomic mass is 16.2. The normalized spacial score (nSPS) is 16.7. The number of benzene rings is 3. The van der Waals surface area contributed by atoms with E-state index in [0.29, 0.717) is 6.54 Å². The van der Waals surface area contributed by atoms with Gasteiger partial charge in [-0.15, -0.1) is 0 Å². The summed E-state index contributed by atoms with van der Waals surface area (Å²) in [5.74, 6) is 0. The molecule has 4 rings (SSSR count). The van der Waals surface area contributed by atoms with Crippen molar-refractivity contribution in [2.24, 2.45) is 0 Å². The SMILES string of the molecule is CC1CN(c2cccc(-c3ccccc3)c2)CCN1C(=O)Nc1ccccc1. The van der Waals surface area contributed by atoms with Crippen molar-refractivity contribution in [1.29, 1.82) is 0 Å². The topological polar surface area (TPSA) is 35.6 Å². The Morgan fingerprint density at radius 3 is 2.25 bits per heavy atom. The molecule has 28 heavy (non-hydrogen) atoms. The molecular weight excluding hydrogens is 346 g/mol. The second-order valence-electron chi connectivity index (χ2n) is 7.20. The van der Waals surface area contributed by atoms with Gasteiger partial charge in [0.05, 0.1) is 0 Å². The molecule has 0 radical (unpaired) electrons. The number of hydrogen-bond donors (Lipinski definition) is 1.